The number of carbonyl (C=O) groups excluding carboxylic acids is 1. The molecule has 23 heavy (non-hydrogen) atoms. The van der Waals surface area contributed by atoms with Crippen LogP contribution in [0.1, 0.15) is 41.0 Å². The minimum atomic E-state index is -0.583. The van der Waals surface area contributed by atoms with E-state index in [4.69, 9.17) is 5.73 Å². The molecule has 0 spiro atoms. The van der Waals surface area contributed by atoms with Crippen molar-refractivity contribution >= 4 is 35.8 Å². The van der Waals surface area contributed by atoms with E-state index in [1.807, 2.05) is 13.8 Å². The van der Waals surface area contributed by atoms with Gasteiger partial charge in [0.25, 0.3) is 0 Å². The van der Waals surface area contributed by atoms with Gasteiger partial charge in [0, 0.05) is 38.8 Å². The molecule has 2 fully saturated rings. The van der Waals surface area contributed by atoms with Crippen molar-refractivity contribution in [2.75, 3.05) is 32.7 Å². The largest absolute Gasteiger partial charge is 0.368 e. The number of nitrogens with one attached hydrogen (secondary N) is 1. The van der Waals surface area contributed by atoms with Crippen molar-refractivity contribution < 1.29 is 4.79 Å². The molecule has 1 aliphatic carbocycles. The highest BCUT2D eigenvalue weighted by Crippen LogP contribution is 2.44. The number of aliphatic imine (C=N–C) groups is 1. The third-order valence-electron chi connectivity index (χ3n) is 5.10. The second-order valence-electron chi connectivity index (χ2n) is 7.58. The van der Waals surface area contributed by atoms with E-state index in [9.17, 15) is 4.79 Å². The summed E-state index contributed by atoms with van der Waals surface area (Å²) in [6, 6.07) is 0.526. The fourth-order valence-corrected chi connectivity index (χ4v) is 2.89. The maximum atomic E-state index is 11.6. The highest BCUT2D eigenvalue weighted by molar-refractivity contribution is 14.0. The number of rotatable bonds is 4. The van der Waals surface area contributed by atoms with Gasteiger partial charge in [-0.15, -0.1) is 24.0 Å². The third-order valence-corrected chi connectivity index (χ3v) is 5.10. The topological polar surface area (TPSA) is 74.0 Å². The second-order valence-corrected chi connectivity index (χ2v) is 7.58. The van der Waals surface area contributed by atoms with Crippen LogP contribution in [0.5, 0.6) is 0 Å². The highest BCUT2D eigenvalue weighted by Gasteiger charge is 2.46. The highest BCUT2D eigenvalue weighted by atomic mass is 127. The molecule has 134 valence electrons. The maximum Gasteiger partial charge on any atom is 0.237 e. The molecule has 1 aliphatic heterocycles. The first-order valence-electron chi connectivity index (χ1n) is 8.29. The quantitative estimate of drug-likeness (QED) is 0.395. The molecule has 1 amide bonds. The van der Waals surface area contributed by atoms with Crippen LogP contribution in [0.15, 0.2) is 4.99 Å². The van der Waals surface area contributed by atoms with Gasteiger partial charge in [-0.3, -0.25) is 14.7 Å². The van der Waals surface area contributed by atoms with Crippen molar-refractivity contribution in [3.8, 4) is 0 Å². The molecule has 1 heterocycles. The summed E-state index contributed by atoms with van der Waals surface area (Å²) in [6.45, 7) is 14.6. The maximum absolute atomic E-state index is 11.6. The van der Waals surface area contributed by atoms with Crippen LogP contribution in [-0.2, 0) is 4.79 Å². The summed E-state index contributed by atoms with van der Waals surface area (Å²) in [5.74, 6) is 0.746. The first kappa shape index (κ1) is 20.5. The molecule has 3 N–H and O–H groups in total. The minimum absolute atomic E-state index is 0. The molecule has 1 saturated carbocycles. The molecule has 0 aromatic carbocycles. The van der Waals surface area contributed by atoms with Crippen LogP contribution in [0.3, 0.4) is 0 Å². The van der Waals surface area contributed by atoms with Gasteiger partial charge in [0.15, 0.2) is 5.96 Å². The van der Waals surface area contributed by atoms with Gasteiger partial charge in [0.2, 0.25) is 5.91 Å². The van der Waals surface area contributed by atoms with Crippen LogP contribution >= 0.6 is 24.0 Å². The molecule has 0 radical (unpaired) electrons. The lowest BCUT2D eigenvalue weighted by molar-refractivity contribution is -0.129. The number of piperazine rings is 1. The number of guanidine groups is 1. The normalized spacial score (nSPS) is 24.8. The molecule has 6 nitrogen and oxygen atoms in total. The van der Waals surface area contributed by atoms with E-state index >= 15 is 0 Å². The van der Waals surface area contributed by atoms with Crippen LogP contribution < -0.4 is 11.1 Å². The average molecular weight is 437 g/mol. The number of primary amides is 1. The lowest BCUT2D eigenvalue weighted by atomic mass is 10.0. The van der Waals surface area contributed by atoms with E-state index in [0.29, 0.717) is 11.5 Å². The van der Waals surface area contributed by atoms with E-state index in [2.05, 4.69) is 40.9 Å². The smallest absolute Gasteiger partial charge is 0.237 e. The molecule has 1 saturated heterocycles. The standard InChI is InChI=1S/C16H31N5O.HI/c1-6-18-14(19-12-11-15(12,2)3)20-7-9-21(10-8-20)16(4,5)13(17)22;/h12H,6-11H2,1-5H3,(H2,17,22)(H,18,19);1H. The van der Waals surface area contributed by atoms with Gasteiger partial charge in [0.05, 0.1) is 5.54 Å². The van der Waals surface area contributed by atoms with Crippen molar-refractivity contribution in [1.82, 2.24) is 15.1 Å². The SMILES string of the molecule is CCN=C(NC1CC1(C)C)N1CCN(C(C)(C)C(N)=O)CC1.I. The first-order chi connectivity index (χ1) is 10.2. The molecule has 2 rings (SSSR count). The van der Waals surface area contributed by atoms with Crippen molar-refractivity contribution in [1.29, 1.82) is 0 Å². The van der Waals surface area contributed by atoms with Gasteiger partial charge in [-0.1, -0.05) is 13.8 Å². The molecule has 1 atom stereocenters. The van der Waals surface area contributed by atoms with Crippen LogP contribution in [0.4, 0.5) is 0 Å². The lowest BCUT2D eigenvalue weighted by Gasteiger charge is -2.43. The summed E-state index contributed by atoms with van der Waals surface area (Å²) < 4.78 is 0. The minimum Gasteiger partial charge on any atom is -0.368 e. The third kappa shape index (κ3) is 4.71. The van der Waals surface area contributed by atoms with Crippen molar-refractivity contribution in [2.45, 2.75) is 52.6 Å². The van der Waals surface area contributed by atoms with Gasteiger partial charge in [-0.2, -0.15) is 0 Å². The van der Waals surface area contributed by atoms with E-state index in [0.717, 1.165) is 38.7 Å². The van der Waals surface area contributed by atoms with E-state index in [1.54, 1.807) is 0 Å². The summed E-state index contributed by atoms with van der Waals surface area (Å²) in [5, 5.41) is 3.59. The van der Waals surface area contributed by atoms with Crippen LogP contribution in [0, 0.1) is 5.41 Å². The Hall–Kier alpha value is -0.570. The zero-order valence-electron chi connectivity index (χ0n) is 15.1. The predicted molar refractivity (Wildman–Crippen MR) is 105 cm³/mol. The number of amides is 1. The monoisotopic (exact) mass is 437 g/mol. The average Bonchev–Trinajstić information content (AvgIpc) is 3.05. The summed E-state index contributed by atoms with van der Waals surface area (Å²) in [5.41, 5.74) is 5.31. The fourth-order valence-electron chi connectivity index (χ4n) is 2.89. The van der Waals surface area contributed by atoms with Crippen molar-refractivity contribution in [3.63, 3.8) is 0 Å². The Morgan fingerprint density at radius 3 is 2.22 bits per heavy atom. The molecule has 2 aliphatic rings. The molecule has 0 aromatic heterocycles. The van der Waals surface area contributed by atoms with Gasteiger partial charge in [0.1, 0.15) is 0 Å². The molecular formula is C16H32IN5O. The van der Waals surface area contributed by atoms with E-state index < -0.39 is 5.54 Å². The number of halogens is 1. The number of nitrogens with zero attached hydrogens (tertiary/aromatic N) is 3. The van der Waals surface area contributed by atoms with Crippen LogP contribution in [0.2, 0.25) is 0 Å². The number of hydrogen-bond donors (Lipinski definition) is 2. The molecular weight excluding hydrogens is 405 g/mol. The molecule has 0 aromatic rings. The Morgan fingerprint density at radius 2 is 1.83 bits per heavy atom. The van der Waals surface area contributed by atoms with Crippen molar-refractivity contribution in [2.24, 2.45) is 16.1 Å². The van der Waals surface area contributed by atoms with E-state index in [1.165, 1.54) is 6.42 Å². The molecule has 1 unspecified atom stereocenters. The summed E-state index contributed by atoms with van der Waals surface area (Å²) in [7, 11) is 0. The zero-order valence-corrected chi connectivity index (χ0v) is 17.4. The Bertz CT molecular complexity index is 455. The van der Waals surface area contributed by atoms with Crippen LogP contribution in [-0.4, -0.2) is 66.0 Å². The Kier molecular flexibility index (Phi) is 6.72. The predicted octanol–water partition coefficient (Wildman–Crippen LogP) is 1.25. The summed E-state index contributed by atoms with van der Waals surface area (Å²) in [4.78, 5) is 20.7. The van der Waals surface area contributed by atoms with E-state index in [-0.39, 0.29) is 29.9 Å². The number of nitrogens with two attached hydrogens (primary N) is 1. The first-order valence-corrected chi connectivity index (χ1v) is 8.29. The van der Waals surface area contributed by atoms with Gasteiger partial charge < -0.3 is 16.0 Å². The van der Waals surface area contributed by atoms with Crippen LogP contribution in [0.25, 0.3) is 0 Å². The number of carbonyl (C=O) groups is 1. The number of hydrogen-bond acceptors (Lipinski definition) is 3. The fraction of sp³-hybridized carbons (Fsp3) is 0.875. The zero-order chi connectivity index (χ0) is 16.5. The molecule has 7 heteroatoms. The lowest BCUT2D eigenvalue weighted by Crippen LogP contribution is -2.61. The molecule has 0 bridgehead atoms. The Morgan fingerprint density at radius 1 is 1.30 bits per heavy atom. The van der Waals surface area contributed by atoms with Gasteiger partial charge in [-0.25, -0.2) is 0 Å². The Labute approximate surface area is 157 Å². The summed E-state index contributed by atoms with van der Waals surface area (Å²) >= 11 is 0. The summed E-state index contributed by atoms with van der Waals surface area (Å²) in [6.07, 6.45) is 1.20. The van der Waals surface area contributed by atoms with Gasteiger partial charge >= 0.3 is 0 Å². The van der Waals surface area contributed by atoms with Crippen molar-refractivity contribution in [3.05, 3.63) is 0 Å². The Balaban J connectivity index is 0.00000264. The second kappa shape index (κ2) is 7.55. The van der Waals surface area contributed by atoms with Gasteiger partial charge in [-0.05, 0) is 32.6 Å².